The van der Waals surface area contributed by atoms with E-state index in [4.69, 9.17) is 0 Å². The van der Waals surface area contributed by atoms with Gasteiger partial charge in [0.05, 0.1) is 0 Å². The van der Waals surface area contributed by atoms with Crippen LogP contribution in [0.15, 0.2) is 243 Å². The van der Waals surface area contributed by atoms with E-state index in [1.54, 1.807) is 0 Å². The fourth-order valence-electron chi connectivity index (χ4n) is 8.24. The summed E-state index contributed by atoms with van der Waals surface area (Å²) in [6, 6.07) is 86.8. The molecule has 0 aliphatic rings. The molecule has 284 valence electrons. The summed E-state index contributed by atoms with van der Waals surface area (Å²) in [6.07, 6.45) is 4.37. The van der Waals surface area contributed by atoms with Crippen LogP contribution in [0.2, 0.25) is 0 Å². The standard InChI is InChI=1S/C58H42N2/c1-3-17-49(18-4-1)59(53-39-31-47(32-40-53)57-23-11-15-45-13-7-9-21-55(45)57)51-35-27-43(28-36-51)25-26-44-29-37-52(38-30-44)60(50-19-5-2-6-20-50)54-41-33-48(34-42-54)58-24-12-16-46-14-8-10-22-56(46)58/h1-42H/b26-25+. The molecule has 0 atom stereocenters. The zero-order valence-electron chi connectivity index (χ0n) is 33.1. The van der Waals surface area contributed by atoms with Crippen molar-refractivity contribution < 1.29 is 0 Å². The minimum absolute atomic E-state index is 1.10. The number of rotatable bonds is 10. The fraction of sp³-hybridized carbons (Fsp3) is 0. The summed E-state index contributed by atoms with van der Waals surface area (Å²) in [7, 11) is 0. The first-order valence-corrected chi connectivity index (χ1v) is 20.5. The molecule has 0 N–H and O–H groups in total. The van der Waals surface area contributed by atoms with Gasteiger partial charge in [0.1, 0.15) is 0 Å². The van der Waals surface area contributed by atoms with Crippen LogP contribution in [-0.2, 0) is 0 Å². The molecular formula is C58H42N2. The highest BCUT2D eigenvalue weighted by atomic mass is 15.1. The molecule has 2 heteroatoms. The average molecular weight is 767 g/mol. The Morgan fingerprint density at radius 2 is 0.533 bits per heavy atom. The van der Waals surface area contributed by atoms with Gasteiger partial charge in [-0.25, -0.2) is 0 Å². The van der Waals surface area contributed by atoms with Crippen molar-refractivity contribution in [3.63, 3.8) is 0 Å². The highest BCUT2D eigenvalue weighted by Crippen LogP contribution is 2.39. The quantitative estimate of drug-likeness (QED) is 0.128. The molecule has 0 bridgehead atoms. The summed E-state index contributed by atoms with van der Waals surface area (Å²) < 4.78 is 0. The first-order chi connectivity index (χ1) is 29.7. The van der Waals surface area contributed by atoms with Crippen molar-refractivity contribution in [3.05, 3.63) is 254 Å². The normalized spacial score (nSPS) is 11.3. The number of hydrogen-bond donors (Lipinski definition) is 0. The molecule has 10 aromatic rings. The van der Waals surface area contributed by atoms with Gasteiger partial charge >= 0.3 is 0 Å². The number of benzene rings is 10. The van der Waals surface area contributed by atoms with Crippen LogP contribution in [-0.4, -0.2) is 0 Å². The van der Waals surface area contributed by atoms with E-state index in [0.717, 1.165) is 45.3 Å². The summed E-state index contributed by atoms with van der Waals surface area (Å²) >= 11 is 0. The van der Waals surface area contributed by atoms with Crippen LogP contribution in [0, 0.1) is 0 Å². The molecule has 10 aromatic carbocycles. The van der Waals surface area contributed by atoms with Gasteiger partial charge in [-0.3, -0.25) is 0 Å². The Balaban J connectivity index is 0.888. The second kappa shape index (κ2) is 16.5. The maximum atomic E-state index is 2.31. The zero-order chi connectivity index (χ0) is 40.1. The Labute approximate surface area is 352 Å². The summed E-state index contributed by atoms with van der Waals surface area (Å²) in [5, 5.41) is 5.03. The number of para-hydroxylation sites is 2. The molecule has 0 unspecified atom stereocenters. The molecule has 0 radical (unpaired) electrons. The van der Waals surface area contributed by atoms with E-state index in [2.05, 4.69) is 265 Å². The molecule has 0 saturated carbocycles. The average Bonchev–Trinajstić information content (AvgIpc) is 3.33. The molecule has 0 amide bonds. The molecule has 60 heavy (non-hydrogen) atoms. The molecule has 0 heterocycles. The smallest absolute Gasteiger partial charge is 0.0462 e. The fourth-order valence-corrected chi connectivity index (χ4v) is 8.24. The van der Waals surface area contributed by atoms with Crippen molar-refractivity contribution in [1.29, 1.82) is 0 Å². The predicted molar refractivity (Wildman–Crippen MR) is 257 cm³/mol. The molecule has 0 spiro atoms. The monoisotopic (exact) mass is 766 g/mol. The summed E-state index contributed by atoms with van der Waals surface area (Å²) in [5.41, 5.74) is 13.8. The van der Waals surface area contributed by atoms with Crippen molar-refractivity contribution in [3.8, 4) is 22.3 Å². The number of anilines is 6. The van der Waals surface area contributed by atoms with Gasteiger partial charge in [-0.15, -0.1) is 0 Å². The summed E-state index contributed by atoms with van der Waals surface area (Å²) in [6.45, 7) is 0. The molecule has 0 aliphatic heterocycles. The van der Waals surface area contributed by atoms with E-state index in [1.807, 2.05) is 0 Å². The van der Waals surface area contributed by atoms with Gasteiger partial charge in [0.2, 0.25) is 0 Å². The maximum absolute atomic E-state index is 2.31. The molecule has 2 nitrogen and oxygen atoms in total. The second-order valence-corrected chi connectivity index (χ2v) is 15.0. The third kappa shape index (κ3) is 7.46. The van der Waals surface area contributed by atoms with Crippen LogP contribution >= 0.6 is 0 Å². The molecular weight excluding hydrogens is 725 g/mol. The second-order valence-electron chi connectivity index (χ2n) is 15.0. The van der Waals surface area contributed by atoms with Crippen molar-refractivity contribution in [2.75, 3.05) is 9.80 Å². The van der Waals surface area contributed by atoms with Gasteiger partial charge in [0, 0.05) is 34.1 Å². The molecule has 0 saturated heterocycles. The van der Waals surface area contributed by atoms with Gasteiger partial charge in [-0.05, 0) is 128 Å². The highest BCUT2D eigenvalue weighted by molar-refractivity contribution is 5.98. The summed E-state index contributed by atoms with van der Waals surface area (Å²) in [4.78, 5) is 4.63. The van der Waals surface area contributed by atoms with Crippen LogP contribution in [0.5, 0.6) is 0 Å². The lowest BCUT2D eigenvalue weighted by Crippen LogP contribution is -2.09. The van der Waals surface area contributed by atoms with Crippen LogP contribution in [0.1, 0.15) is 11.1 Å². The van der Waals surface area contributed by atoms with Gasteiger partial charge in [-0.1, -0.05) is 182 Å². The first-order valence-electron chi connectivity index (χ1n) is 20.5. The van der Waals surface area contributed by atoms with Crippen LogP contribution in [0.4, 0.5) is 34.1 Å². The van der Waals surface area contributed by atoms with Gasteiger partial charge < -0.3 is 9.80 Å². The first kappa shape index (κ1) is 36.4. The Morgan fingerprint density at radius 1 is 0.233 bits per heavy atom. The van der Waals surface area contributed by atoms with Gasteiger partial charge in [0.25, 0.3) is 0 Å². The van der Waals surface area contributed by atoms with Crippen LogP contribution in [0.3, 0.4) is 0 Å². The molecule has 0 aromatic heterocycles. The minimum Gasteiger partial charge on any atom is -0.311 e. The van der Waals surface area contributed by atoms with Crippen molar-refractivity contribution in [1.82, 2.24) is 0 Å². The van der Waals surface area contributed by atoms with E-state index in [9.17, 15) is 0 Å². The Morgan fingerprint density at radius 3 is 0.917 bits per heavy atom. The zero-order valence-corrected chi connectivity index (χ0v) is 33.1. The number of fused-ring (bicyclic) bond motifs is 2. The van der Waals surface area contributed by atoms with E-state index < -0.39 is 0 Å². The van der Waals surface area contributed by atoms with Crippen LogP contribution < -0.4 is 9.80 Å². The van der Waals surface area contributed by atoms with E-state index >= 15 is 0 Å². The highest BCUT2D eigenvalue weighted by Gasteiger charge is 2.15. The molecule has 0 aliphatic carbocycles. The largest absolute Gasteiger partial charge is 0.311 e. The molecule has 0 fully saturated rings. The number of hydrogen-bond acceptors (Lipinski definition) is 2. The third-order valence-electron chi connectivity index (χ3n) is 11.3. The third-order valence-corrected chi connectivity index (χ3v) is 11.3. The lowest BCUT2D eigenvalue weighted by atomic mass is 9.98. The van der Waals surface area contributed by atoms with E-state index in [1.165, 1.54) is 43.8 Å². The van der Waals surface area contributed by atoms with Gasteiger partial charge in [0.15, 0.2) is 0 Å². The summed E-state index contributed by atoms with van der Waals surface area (Å²) in [5.74, 6) is 0. The SMILES string of the molecule is C(=C\c1ccc(N(c2ccccc2)c2ccc(-c3cccc4ccccc34)cc2)cc1)/c1ccc(N(c2ccccc2)c2ccc(-c3cccc4ccccc34)cc2)cc1. The Bertz CT molecular complexity index is 2820. The van der Waals surface area contributed by atoms with Crippen LogP contribution in [0.25, 0.3) is 56.0 Å². The Hall–Kier alpha value is -7.94. The minimum atomic E-state index is 1.10. The lowest BCUT2D eigenvalue weighted by molar-refractivity contribution is 1.28. The lowest BCUT2D eigenvalue weighted by Gasteiger charge is -2.26. The van der Waals surface area contributed by atoms with Gasteiger partial charge in [-0.2, -0.15) is 0 Å². The van der Waals surface area contributed by atoms with Crippen molar-refractivity contribution in [2.24, 2.45) is 0 Å². The van der Waals surface area contributed by atoms with E-state index in [0.29, 0.717) is 0 Å². The van der Waals surface area contributed by atoms with Crippen molar-refractivity contribution in [2.45, 2.75) is 0 Å². The van der Waals surface area contributed by atoms with E-state index in [-0.39, 0.29) is 0 Å². The molecule has 10 rings (SSSR count). The predicted octanol–water partition coefficient (Wildman–Crippen LogP) is 16.4. The van der Waals surface area contributed by atoms with Crippen molar-refractivity contribution >= 4 is 67.8 Å². The Kier molecular flexibility index (Phi) is 10.0. The maximum Gasteiger partial charge on any atom is 0.0462 e. The topological polar surface area (TPSA) is 6.48 Å². The number of nitrogens with zero attached hydrogens (tertiary/aromatic N) is 2.